The van der Waals surface area contributed by atoms with Crippen molar-refractivity contribution >= 4 is 5.91 Å². The Morgan fingerprint density at radius 1 is 1.45 bits per heavy atom. The fourth-order valence-corrected chi connectivity index (χ4v) is 3.24. The second-order valence-corrected chi connectivity index (χ2v) is 5.53. The van der Waals surface area contributed by atoms with Crippen LogP contribution in [0.4, 0.5) is 0 Å². The number of aromatic nitrogens is 3. The lowest BCUT2D eigenvalue weighted by Crippen LogP contribution is -2.42. The number of nitrogens with zero attached hydrogens (tertiary/aromatic N) is 4. The molecule has 1 aliphatic carbocycles. The lowest BCUT2D eigenvalue weighted by atomic mass is 9.90. The van der Waals surface area contributed by atoms with Crippen molar-refractivity contribution in [1.29, 1.82) is 0 Å². The van der Waals surface area contributed by atoms with E-state index >= 15 is 0 Å². The zero-order chi connectivity index (χ0) is 15.3. The van der Waals surface area contributed by atoms with Gasteiger partial charge in [-0.25, -0.2) is 4.68 Å². The quantitative estimate of drug-likeness (QED) is 0.646. The van der Waals surface area contributed by atoms with Crippen molar-refractivity contribution in [3.63, 3.8) is 0 Å². The van der Waals surface area contributed by atoms with Gasteiger partial charge < -0.3 is 5.32 Å². The van der Waals surface area contributed by atoms with Gasteiger partial charge >= 0.3 is 0 Å². The fraction of sp³-hybridized carbons (Fsp3) is 0.357. The number of amides is 1. The van der Waals surface area contributed by atoms with E-state index in [0.29, 0.717) is 12.1 Å². The van der Waals surface area contributed by atoms with Crippen molar-refractivity contribution < 1.29 is 9.72 Å². The summed E-state index contributed by atoms with van der Waals surface area (Å²) in [5.74, 6) is -0.203. The Morgan fingerprint density at radius 2 is 2.32 bits per heavy atom. The molecule has 0 saturated carbocycles. The molecule has 0 fully saturated rings. The molecule has 0 saturated heterocycles. The molecule has 1 aliphatic heterocycles. The van der Waals surface area contributed by atoms with Gasteiger partial charge in [0.25, 0.3) is 5.91 Å². The molecule has 0 radical (unpaired) electrons. The lowest BCUT2D eigenvalue weighted by molar-refractivity contribution is -0.486. The largest absolute Gasteiger partial charge is 0.348 e. The van der Waals surface area contributed by atoms with Crippen LogP contribution in [0.25, 0.3) is 11.3 Å². The first-order valence-electron chi connectivity index (χ1n) is 7.10. The zero-order valence-corrected chi connectivity index (χ0v) is 11.7. The number of nitro groups is 1. The Balaban J connectivity index is 1.89. The van der Waals surface area contributed by atoms with Gasteiger partial charge in [0.15, 0.2) is 0 Å². The molecule has 112 valence electrons. The molecule has 1 N–H and O–H groups in total. The first-order valence-corrected chi connectivity index (χ1v) is 7.10. The van der Waals surface area contributed by atoms with E-state index in [1.54, 1.807) is 10.9 Å². The normalized spacial score (nSPS) is 18.9. The van der Waals surface area contributed by atoms with Crippen LogP contribution in [0.15, 0.2) is 18.5 Å². The maximum absolute atomic E-state index is 12.2. The van der Waals surface area contributed by atoms with Gasteiger partial charge in [0, 0.05) is 35.0 Å². The molecule has 1 atom stereocenters. The molecule has 0 spiro atoms. The highest BCUT2D eigenvalue weighted by Gasteiger charge is 2.35. The smallest absolute Gasteiger partial charge is 0.269 e. The van der Waals surface area contributed by atoms with E-state index in [-0.39, 0.29) is 23.9 Å². The molecular weight excluding hydrogens is 286 g/mol. The number of pyridine rings is 1. The average molecular weight is 299 g/mol. The highest BCUT2D eigenvalue weighted by atomic mass is 16.6. The Morgan fingerprint density at radius 3 is 3.14 bits per heavy atom. The summed E-state index contributed by atoms with van der Waals surface area (Å²) in [7, 11) is 0. The topological polar surface area (TPSA) is 103 Å². The molecule has 8 nitrogen and oxygen atoms in total. The summed E-state index contributed by atoms with van der Waals surface area (Å²) < 4.78 is 1.54. The van der Waals surface area contributed by atoms with Gasteiger partial charge in [0.2, 0.25) is 6.54 Å². The third-order valence-corrected chi connectivity index (χ3v) is 4.23. The van der Waals surface area contributed by atoms with Crippen LogP contribution < -0.4 is 5.32 Å². The molecule has 2 aliphatic rings. The summed E-state index contributed by atoms with van der Waals surface area (Å²) in [6.07, 6.45) is 5.00. The molecule has 4 rings (SSSR count). The molecule has 0 bridgehead atoms. The van der Waals surface area contributed by atoms with Gasteiger partial charge in [-0.05, 0) is 24.5 Å². The Kier molecular flexibility index (Phi) is 2.72. The van der Waals surface area contributed by atoms with Crippen LogP contribution in [0.3, 0.4) is 0 Å². The van der Waals surface area contributed by atoms with Crippen LogP contribution in [0.2, 0.25) is 0 Å². The number of carbonyl (C=O) groups is 1. The lowest BCUT2D eigenvalue weighted by Gasteiger charge is -2.22. The van der Waals surface area contributed by atoms with Crippen LogP contribution in [-0.4, -0.2) is 38.7 Å². The molecule has 0 aromatic carbocycles. The number of rotatable bonds is 2. The van der Waals surface area contributed by atoms with Crippen LogP contribution in [0.5, 0.6) is 0 Å². The van der Waals surface area contributed by atoms with E-state index in [1.807, 2.05) is 12.3 Å². The van der Waals surface area contributed by atoms with E-state index in [2.05, 4.69) is 15.4 Å². The van der Waals surface area contributed by atoms with Crippen molar-refractivity contribution in [2.24, 2.45) is 0 Å². The summed E-state index contributed by atoms with van der Waals surface area (Å²) in [6.45, 7) is -0.0202. The number of aryl methyl sites for hydroxylation is 1. The van der Waals surface area contributed by atoms with Crippen LogP contribution in [-0.2, 0) is 12.8 Å². The molecule has 3 heterocycles. The number of hydrogen-bond acceptors (Lipinski definition) is 5. The molecule has 2 aromatic heterocycles. The minimum Gasteiger partial charge on any atom is -0.348 e. The van der Waals surface area contributed by atoms with Crippen LogP contribution >= 0.6 is 0 Å². The third kappa shape index (κ3) is 1.80. The molecule has 8 heteroatoms. The summed E-state index contributed by atoms with van der Waals surface area (Å²) in [5.41, 5.74) is 4.16. The predicted molar refractivity (Wildman–Crippen MR) is 76.1 cm³/mol. The summed E-state index contributed by atoms with van der Waals surface area (Å²) in [5, 5.41) is 18.1. The average Bonchev–Trinajstić information content (AvgIpc) is 2.91. The van der Waals surface area contributed by atoms with Gasteiger partial charge in [-0.3, -0.25) is 19.9 Å². The Bertz CT molecular complexity index is 798. The SMILES string of the molecule is O=C1NCC(C[N+](=O)[O-])n2nc3c(c21)CCc1cnccc1-3. The van der Waals surface area contributed by atoms with Gasteiger partial charge in [-0.2, -0.15) is 5.10 Å². The second-order valence-electron chi connectivity index (χ2n) is 5.53. The monoisotopic (exact) mass is 299 g/mol. The van der Waals surface area contributed by atoms with Crippen LogP contribution in [0, 0.1) is 10.1 Å². The summed E-state index contributed by atoms with van der Waals surface area (Å²) >= 11 is 0. The molecule has 1 amide bonds. The van der Waals surface area contributed by atoms with Crippen molar-refractivity contribution in [3.05, 3.63) is 45.4 Å². The van der Waals surface area contributed by atoms with E-state index < -0.39 is 6.04 Å². The minimum absolute atomic E-state index is 0.203. The molecule has 2 aromatic rings. The third-order valence-electron chi connectivity index (χ3n) is 4.23. The van der Waals surface area contributed by atoms with Gasteiger partial charge in [0.1, 0.15) is 11.7 Å². The highest BCUT2D eigenvalue weighted by molar-refractivity contribution is 5.97. The number of nitrogens with one attached hydrogen (secondary N) is 1. The van der Waals surface area contributed by atoms with E-state index in [4.69, 9.17) is 0 Å². The maximum atomic E-state index is 12.2. The van der Waals surface area contributed by atoms with Gasteiger partial charge in [-0.15, -0.1) is 0 Å². The fourth-order valence-electron chi connectivity index (χ4n) is 3.24. The zero-order valence-electron chi connectivity index (χ0n) is 11.7. The maximum Gasteiger partial charge on any atom is 0.269 e. The van der Waals surface area contributed by atoms with Crippen LogP contribution in [0.1, 0.15) is 27.7 Å². The molecule has 22 heavy (non-hydrogen) atoms. The number of carbonyl (C=O) groups excluding carboxylic acids is 1. The summed E-state index contributed by atoms with van der Waals surface area (Å²) in [6, 6.07) is 1.44. The first-order chi connectivity index (χ1) is 10.6. The van der Waals surface area contributed by atoms with E-state index in [9.17, 15) is 14.9 Å². The van der Waals surface area contributed by atoms with Crippen molar-refractivity contribution in [3.8, 4) is 11.3 Å². The first kappa shape index (κ1) is 12.9. The van der Waals surface area contributed by atoms with Gasteiger partial charge in [0.05, 0.1) is 5.69 Å². The minimum atomic E-state index is -0.446. The number of hydrogen-bond donors (Lipinski definition) is 1. The Hall–Kier alpha value is -2.77. The standard InChI is InChI=1S/C14H13N5O3/c20-14-13-11-2-1-8-5-15-4-3-10(8)12(11)17-19(13)9(6-16-14)7-18(21)22/h3-5,9H,1-2,6-7H2,(H,16,20). The van der Waals surface area contributed by atoms with Crippen molar-refractivity contribution in [1.82, 2.24) is 20.1 Å². The van der Waals surface area contributed by atoms with Crippen molar-refractivity contribution in [2.75, 3.05) is 13.1 Å². The van der Waals surface area contributed by atoms with Crippen molar-refractivity contribution in [2.45, 2.75) is 18.9 Å². The predicted octanol–water partition coefficient (Wildman–Crippen LogP) is 0.605. The molecular formula is C14H13N5O3. The molecule has 1 unspecified atom stereocenters. The van der Waals surface area contributed by atoms with E-state index in [0.717, 1.165) is 28.8 Å². The summed E-state index contributed by atoms with van der Waals surface area (Å²) in [4.78, 5) is 26.8. The highest BCUT2D eigenvalue weighted by Crippen LogP contribution is 2.35. The van der Waals surface area contributed by atoms with Gasteiger partial charge in [-0.1, -0.05) is 0 Å². The second kappa shape index (κ2) is 4.62. The Labute approximate surface area is 125 Å². The number of fused-ring (bicyclic) bond motifs is 5. The van der Waals surface area contributed by atoms with E-state index in [1.165, 1.54) is 0 Å².